The fourth-order valence-corrected chi connectivity index (χ4v) is 6.93. The Balaban J connectivity index is 1.58. The molecule has 0 fully saturated rings. The van der Waals surface area contributed by atoms with Crippen LogP contribution in [0.1, 0.15) is 59.6 Å². The van der Waals surface area contributed by atoms with Gasteiger partial charge in [0.1, 0.15) is 0 Å². The summed E-state index contributed by atoms with van der Waals surface area (Å²) in [5.74, 6) is 0.529. The van der Waals surface area contributed by atoms with Gasteiger partial charge in [-0.25, -0.2) is 0 Å². The summed E-state index contributed by atoms with van der Waals surface area (Å²) in [5, 5.41) is 0. The number of hydrogen-bond donors (Lipinski definition) is 0. The molecule has 0 aliphatic heterocycles. The SMILES string of the molecule is CCC(C)c1ccccc1-c1cc2c(cc1C)C1(c3ccccc3-c3ccccc31)c1ccccc1-2. The van der Waals surface area contributed by atoms with Crippen LogP contribution in [0.15, 0.2) is 109 Å². The van der Waals surface area contributed by atoms with Crippen LogP contribution in [0.5, 0.6) is 0 Å². The molecule has 0 aromatic heterocycles. The summed E-state index contributed by atoms with van der Waals surface area (Å²) in [6.07, 6.45) is 1.14. The van der Waals surface area contributed by atoms with Gasteiger partial charge >= 0.3 is 0 Å². The summed E-state index contributed by atoms with van der Waals surface area (Å²) in [7, 11) is 0. The summed E-state index contributed by atoms with van der Waals surface area (Å²) in [5.41, 5.74) is 16.4. The van der Waals surface area contributed by atoms with E-state index >= 15 is 0 Å². The van der Waals surface area contributed by atoms with E-state index in [9.17, 15) is 0 Å². The monoisotopic (exact) mass is 462 g/mol. The van der Waals surface area contributed by atoms with Crippen LogP contribution in [0.25, 0.3) is 33.4 Å². The third-order valence-corrected chi connectivity index (χ3v) is 8.74. The molecule has 0 saturated carbocycles. The first-order valence-corrected chi connectivity index (χ1v) is 13.2. The van der Waals surface area contributed by atoms with E-state index in [1.165, 1.54) is 66.8 Å². The van der Waals surface area contributed by atoms with Crippen LogP contribution in [0.4, 0.5) is 0 Å². The van der Waals surface area contributed by atoms with Gasteiger partial charge in [-0.3, -0.25) is 0 Å². The summed E-state index contributed by atoms with van der Waals surface area (Å²) in [6.45, 7) is 6.93. The van der Waals surface area contributed by atoms with Crippen LogP contribution in [0.2, 0.25) is 0 Å². The molecule has 2 aliphatic carbocycles. The maximum atomic E-state index is 2.50. The predicted octanol–water partition coefficient (Wildman–Crippen LogP) is 9.52. The van der Waals surface area contributed by atoms with Crippen molar-refractivity contribution in [2.45, 2.75) is 38.5 Å². The van der Waals surface area contributed by atoms with Crippen LogP contribution in [-0.4, -0.2) is 0 Å². The number of benzene rings is 5. The summed E-state index contributed by atoms with van der Waals surface area (Å²) < 4.78 is 0. The first-order chi connectivity index (χ1) is 17.7. The molecule has 0 radical (unpaired) electrons. The Morgan fingerprint density at radius 3 is 1.56 bits per heavy atom. The van der Waals surface area contributed by atoms with E-state index < -0.39 is 0 Å². The number of rotatable bonds is 3. The molecule has 1 atom stereocenters. The molecule has 0 heteroatoms. The first-order valence-electron chi connectivity index (χ1n) is 13.2. The largest absolute Gasteiger partial charge is 0.0725 e. The van der Waals surface area contributed by atoms with E-state index in [2.05, 4.69) is 130 Å². The summed E-state index contributed by atoms with van der Waals surface area (Å²) in [4.78, 5) is 0. The second kappa shape index (κ2) is 7.80. The molecule has 0 heterocycles. The average molecular weight is 463 g/mol. The lowest BCUT2D eigenvalue weighted by Gasteiger charge is -2.31. The third kappa shape index (κ3) is 2.65. The number of fused-ring (bicyclic) bond motifs is 10. The lowest BCUT2D eigenvalue weighted by Crippen LogP contribution is -2.25. The van der Waals surface area contributed by atoms with Crippen molar-refractivity contribution in [2.24, 2.45) is 0 Å². The Kier molecular flexibility index (Phi) is 4.63. The smallest absolute Gasteiger partial charge is 0.0648 e. The van der Waals surface area contributed by atoms with Crippen molar-refractivity contribution in [3.05, 3.63) is 143 Å². The second-order valence-electron chi connectivity index (χ2n) is 10.5. The molecule has 0 bridgehead atoms. The minimum Gasteiger partial charge on any atom is -0.0648 e. The highest BCUT2D eigenvalue weighted by atomic mass is 14.5. The molecule has 2 aliphatic rings. The molecule has 7 rings (SSSR count). The fraction of sp³-hybridized carbons (Fsp3) is 0.167. The fourth-order valence-electron chi connectivity index (χ4n) is 6.93. The summed E-state index contributed by atoms with van der Waals surface area (Å²) in [6, 6.07) is 41.1. The highest BCUT2D eigenvalue weighted by Gasteiger charge is 2.51. The van der Waals surface area contributed by atoms with Gasteiger partial charge in [0.05, 0.1) is 5.41 Å². The normalized spacial score (nSPS) is 14.8. The molecule has 5 aromatic rings. The van der Waals surface area contributed by atoms with E-state index in [0.29, 0.717) is 5.92 Å². The van der Waals surface area contributed by atoms with Gasteiger partial charge in [-0.05, 0) is 92.1 Å². The van der Waals surface area contributed by atoms with Crippen molar-refractivity contribution in [2.75, 3.05) is 0 Å². The van der Waals surface area contributed by atoms with Crippen molar-refractivity contribution in [3.63, 3.8) is 0 Å². The summed E-state index contributed by atoms with van der Waals surface area (Å²) >= 11 is 0. The van der Waals surface area contributed by atoms with Crippen molar-refractivity contribution < 1.29 is 0 Å². The van der Waals surface area contributed by atoms with E-state index in [4.69, 9.17) is 0 Å². The topological polar surface area (TPSA) is 0 Å². The van der Waals surface area contributed by atoms with Crippen LogP contribution < -0.4 is 0 Å². The van der Waals surface area contributed by atoms with Gasteiger partial charge in [0.2, 0.25) is 0 Å². The van der Waals surface area contributed by atoms with E-state index in [1.807, 2.05) is 0 Å². The minimum atomic E-state index is -0.265. The number of aryl methyl sites for hydroxylation is 1. The molecule has 0 nitrogen and oxygen atoms in total. The highest BCUT2D eigenvalue weighted by Crippen LogP contribution is 2.63. The molecule has 0 amide bonds. The molecule has 174 valence electrons. The maximum absolute atomic E-state index is 2.50. The zero-order valence-corrected chi connectivity index (χ0v) is 21.2. The van der Waals surface area contributed by atoms with Gasteiger partial charge in [0, 0.05) is 0 Å². The lowest BCUT2D eigenvalue weighted by atomic mass is 9.70. The standard InChI is InChI=1S/C36H30/c1-4-23(2)25-13-5-6-14-26(25)30-22-31-29-17-9-12-20-34(29)36(35(31)21-24(30)3)32-18-10-7-15-27(32)28-16-8-11-19-33(28)36/h5-23H,4H2,1-3H3. The Bertz CT molecular complexity index is 1610. The van der Waals surface area contributed by atoms with Crippen molar-refractivity contribution in [1.29, 1.82) is 0 Å². The van der Waals surface area contributed by atoms with Gasteiger partial charge in [0.25, 0.3) is 0 Å². The molecule has 0 N–H and O–H groups in total. The quantitative estimate of drug-likeness (QED) is 0.245. The van der Waals surface area contributed by atoms with Crippen molar-refractivity contribution >= 4 is 0 Å². The zero-order valence-electron chi connectivity index (χ0n) is 21.2. The van der Waals surface area contributed by atoms with Crippen LogP contribution in [-0.2, 0) is 5.41 Å². The minimum absolute atomic E-state index is 0.265. The molecule has 1 spiro atoms. The van der Waals surface area contributed by atoms with E-state index in [-0.39, 0.29) is 5.41 Å². The van der Waals surface area contributed by atoms with Crippen molar-refractivity contribution in [3.8, 4) is 33.4 Å². The Hall–Kier alpha value is -3.90. The third-order valence-electron chi connectivity index (χ3n) is 8.74. The van der Waals surface area contributed by atoms with E-state index in [1.54, 1.807) is 0 Å². The van der Waals surface area contributed by atoms with Gasteiger partial charge < -0.3 is 0 Å². The van der Waals surface area contributed by atoms with Crippen LogP contribution in [0, 0.1) is 6.92 Å². The molecule has 36 heavy (non-hydrogen) atoms. The zero-order chi connectivity index (χ0) is 24.4. The average Bonchev–Trinajstić information content (AvgIpc) is 3.39. The molecule has 5 aromatic carbocycles. The second-order valence-corrected chi connectivity index (χ2v) is 10.5. The Morgan fingerprint density at radius 2 is 1.00 bits per heavy atom. The molecular weight excluding hydrogens is 432 g/mol. The molecule has 1 unspecified atom stereocenters. The van der Waals surface area contributed by atoms with E-state index in [0.717, 1.165) is 6.42 Å². The lowest BCUT2D eigenvalue weighted by molar-refractivity contribution is 0.735. The molecular formula is C36H30. The number of hydrogen-bond acceptors (Lipinski definition) is 0. The van der Waals surface area contributed by atoms with Gasteiger partial charge in [-0.1, -0.05) is 117 Å². The predicted molar refractivity (Wildman–Crippen MR) is 152 cm³/mol. The van der Waals surface area contributed by atoms with Crippen LogP contribution >= 0.6 is 0 Å². The highest BCUT2D eigenvalue weighted by molar-refractivity contribution is 5.96. The molecule has 0 saturated heterocycles. The van der Waals surface area contributed by atoms with Gasteiger partial charge in [-0.15, -0.1) is 0 Å². The van der Waals surface area contributed by atoms with Crippen LogP contribution in [0.3, 0.4) is 0 Å². The Morgan fingerprint density at radius 1 is 0.528 bits per heavy atom. The maximum Gasteiger partial charge on any atom is 0.0725 e. The Labute approximate surface area is 214 Å². The van der Waals surface area contributed by atoms with Gasteiger partial charge in [0.15, 0.2) is 0 Å². The van der Waals surface area contributed by atoms with Crippen molar-refractivity contribution in [1.82, 2.24) is 0 Å². The first kappa shape index (κ1) is 21.4. The van der Waals surface area contributed by atoms with Gasteiger partial charge in [-0.2, -0.15) is 0 Å².